The fraction of sp³-hybridized carbons (Fsp3) is 0.500. The minimum absolute atomic E-state index is 0.148. The number of carboxylic acids is 1. The van der Waals surface area contributed by atoms with E-state index in [1.807, 2.05) is 0 Å². The van der Waals surface area contributed by atoms with E-state index in [-0.39, 0.29) is 5.69 Å². The Kier molecular flexibility index (Phi) is 7.10. The van der Waals surface area contributed by atoms with Crippen LogP contribution in [0.15, 0.2) is 18.2 Å². The quantitative estimate of drug-likeness (QED) is 0.878. The number of aliphatic carboxylic acids is 1. The average molecular weight is 291 g/mol. The molecule has 0 radical (unpaired) electrons. The SMILES string of the molecule is CC(C)C.Cc1cc(NCC(=O)O)cc(C(F)(F)F)c1. The summed E-state index contributed by atoms with van der Waals surface area (Å²) in [6.07, 6.45) is -4.42. The molecule has 114 valence electrons. The number of hydrogen-bond donors (Lipinski definition) is 2. The summed E-state index contributed by atoms with van der Waals surface area (Å²) in [6.45, 7) is 7.60. The molecule has 0 bridgehead atoms. The number of nitrogens with one attached hydrogen (secondary N) is 1. The van der Waals surface area contributed by atoms with E-state index >= 15 is 0 Å². The lowest BCUT2D eigenvalue weighted by molar-refractivity contribution is -0.137. The number of anilines is 1. The Balaban J connectivity index is 0.000000796. The second kappa shape index (κ2) is 7.77. The smallest absolute Gasteiger partial charge is 0.416 e. The van der Waals surface area contributed by atoms with Crippen molar-refractivity contribution < 1.29 is 23.1 Å². The van der Waals surface area contributed by atoms with Crippen LogP contribution >= 0.6 is 0 Å². The van der Waals surface area contributed by atoms with Gasteiger partial charge in [-0.2, -0.15) is 13.2 Å². The number of rotatable bonds is 3. The first-order valence-corrected chi connectivity index (χ1v) is 6.17. The van der Waals surface area contributed by atoms with Crippen LogP contribution in [0.4, 0.5) is 18.9 Å². The standard InChI is InChI=1S/C10H10F3NO2.C4H10/c1-6-2-7(10(11,12)13)4-8(3-6)14-5-9(15)16;1-4(2)3/h2-4,14H,5H2,1H3,(H,15,16);4H,1-3H3. The monoisotopic (exact) mass is 291 g/mol. The van der Waals surface area contributed by atoms with E-state index in [0.717, 1.165) is 18.1 Å². The third kappa shape index (κ3) is 8.39. The molecule has 1 aromatic carbocycles. The molecule has 0 amide bonds. The van der Waals surface area contributed by atoms with Crippen molar-refractivity contribution in [1.29, 1.82) is 0 Å². The Morgan fingerprint density at radius 3 is 2.15 bits per heavy atom. The van der Waals surface area contributed by atoms with E-state index in [2.05, 4.69) is 26.1 Å². The van der Waals surface area contributed by atoms with E-state index in [4.69, 9.17) is 5.11 Å². The van der Waals surface area contributed by atoms with Crippen LogP contribution in [0, 0.1) is 12.8 Å². The Labute approximate surface area is 116 Å². The van der Waals surface area contributed by atoms with Crippen molar-refractivity contribution in [3.63, 3.8) is 0 Å². The molecule has 0 fully saturated rings. The molecule has 1 rings (SSSR count). The Bertz CT molecular complexity index is 440. The van der Waals surface area contributed by atoms with Gasteiger partial charge in [0.25, 0.3) is 0 Å². The summed E-state index contributed by atoms with van der Waals surface area (Å²) in [7, 11) is 0. The zero-order chi connectivity index (χ0) is 15.9. The van der Waals surface area contributed by atoms with Gasteiger partial charge in [0.2, 0.25) is 0 Å². The molecule has 0 unspecified atom stereocenters. The topological polar surface area (TPSA) is 49.3 Å². The highest BCUT2D eigenvalue weighted by atomic mass is 19.4. The lowest BCUT2D eigenvalue weighted by Gasteiger charge is -2.11. The van der Waals surface area contributed by atoms with Gasteiger partial charge in [-0.1, -0.05) is 20.8 Å². The molecule has 0 saturated carbocycles. The second-order valence-electron chi connectivity index (χ2n) is 5.06. The molecular weight excluding hydrogens is 271 g/mol. The Morgan fingerprint density at radius 2 is 1.75 bits per heavy atom. The lowest BCUT2D eigenvalue weighted by atomic mass is 10.1. The molecule has 2 N–H and O–H groups in total. The predicted molar refractivity (Wildman–Crippen MR) is 72.8 cm³/mol. The van der Waals surface area contributed by atoms with Crippen molar-refractivity contribution >= 4 is 11.7 Å². The average Bonchev–Trinajstić information content (AvgIpc) is 2.23. The van der Waals surface area contributed by atoms with Gasteiger partial charge in [-0.3, -0.25) is 4.79 Å². The van der Waals surface area contributed by atoms with Gasteiger partial charge in [0.05, 0.1) is 5.56 Å². The van der Waals surface area contributed by atoms with E-state index in [1.54, 1.807) is 0 Å². The van der Waals surface area contributed by atoms with Crippen molar-refractivity contribution in [3.8, 4) is 0 Å². The van der Waals surface area contributed by atoms with Crippen LogP contribution in [-0.4, -0.2) is 17.6 Å². The summed E-state index contributed by atoms with van der Waals surface area (Å²) in [5.74, 6) is -0.296. The molecule has 0 aliphatic carbocycles. The molecule has 0 aliphatic rings. The van der Waals surface area contributed by atoms with Crippen LogP contribution in [0.2, 0.25) is 0 Å². The molecule has 0 aromatic heterocycles. The van der Waals surface area contributed by atoms with E-state index in [0.29, 0.717) is 5.56 Å². The number of hydrogen-bond acceptors (Lipinski definition) is 2. The van der Waals surface area contributed by atoms with Crippen LogP contribution in [-0.2, 0) is 11.0 Å². The van der Waals surface area contributed by atoms with Crippen molar-refractivity contribution in [3.05, 3.63) is 29.3 Å². The molecule has 3 nitrogen and oxygen atoms in total. The number of benzene rings is 1. The van der Waals surface area contributed by atoms with Gasteiger partial charge in [0, 0.05) is 5.69 Å². The van der Waals surface area contributed by atoms with Gasteiger partial charge >= 0.3 is 12.1 Å². The number of carboxylic acid groups (broad SMARTS) is 1. The fourth-order valence-corrected chi connectivity index (χ4v) is 1.23. The molecule has 6 heteroatoms. The van der Waals surface area contributed by atoms with Crippen molar-refractivity contribution in [2.75, 3.05) is 11.9 Å². The highest BCUT2D eigenvalue weighted by Crippen LogP contribution is 2.31. The minimum atomic E-state index is -4.42. The van der Waals surface area contributed by atoms with Gasteiger partial charge in [0.15, 0.2) is 0 Å². The van der Waals surface area contributed by atoms with E-state index < -0.39 is 24.3 Å². The molecule has 0 atom stereocenters. The summed E-state index contributed by atoms with van der Waals surface area (Å²) >= 11 is 0. The molecule has 20 heavy (non-hydrogen) atoms. The van der Waals surface area contributed by atoms with Crippen LogP contribution in [0.1, 0.15) is 31.9 Å². The number of alkyl halides is 3. The summed E-state index contributed by atoms with van der Waals surface area (Å²) in [4.78, 5) is 10.3. The van der Waals surface area contributed by atoms with E-state index in [9.17, 15) is 18.0 Å². The lowest BCUT2D eigenvalue weighted by Crippen LogP contribution is -2.13. The predicted octanol–water partition coefficient (Wildman–Crippen LogP) is 4.17. The highest BCUT2D eigenvalue weighted by molar-refractivity contribution is 5.72. The number of aryl methyl sites for hydroxylation is 1. The Morgan fingerprint density at radius 1 is 1.25 bits per heavy atom. The van der Waals surface area contributed by atoms with Crippen molar-refractivity contribution in [1.82, 2.24) is 0 Å². The van der Waals surface area contributed by atoms with Gasteiger partial charge in [0.1, 0.15) is 6.54 Å². The maximum atomic E-state index is 12.4. The van der Waals surface area contributed by atoms with Gasteiger partial charge in [-0.25, -0.2) is 0 Å². The summed E-state index contributed by atoms with van der Waals surface area (Å²) in [5.41, 5.74) is -0.224. The van der Waals surface area contributed by atoms with Gasteiger partial charge in [-0.15, -0.1) is 0 Å². The molecule has 0 spiro atoms. The minimum Gasteiger partial charge on any atom is -0.480 e. The van der Waals surface area contributed by atoms with E-state index in [1.165, 1.54) is 13.0 Å². The van der Waals surface area contributed by atoms with Gasteiger partial charge in [-0.05, 0) is 36.6 Å². The highest BCUT2D eigenvalue weighted by Gasteiger charge is 2.30. The normalized spacial score (nSPS) is 10.8. The first-order valence-electron chi connectivity index (χ1n) is 6.17. The number of carbonyl (C=O) groups is 1. The maximum Gasteiger partial charge on any atom is 0.416 e. The third-order valence-corrected chi connectivity index (χ3v) is 1.85. The van der Waals surface area contributed by atoms with Crippen LogP contribution in [0.3, 0.4) is 0 Å². The third-order valence-electron chi connectivity index (χ3n) is 1.85. The zero-order valence-corrected chi connectivity index (χ0v) is 12.0. The van der Waals surface area contributed by atoms with Crippen LogP contribution in [0.25, 0.3) is 0 Å². The molecule has 1 aromatic rings. The second-order valence-corrected chi connectivity index (χ2v) is 5.06. The van der Waals surface area contributed by atoms with Crippen molar-refractivity contribution in [2.24, 2.45) is 5.92 Å². The fourth-order valence-electron chi connectivity index (χ4n) is 1.23. The Hall–Kier alpha value is -1.72. The largest absolute Gasteiger partial charge is 0.480 e. The molecule has 0 saturated heterocycles. The summed E-state index contributed by atoms with van der Waals surface area (Å²) in [6, 6.07) is 3.35. The maximum absolute atomic E-state index is 12.4. The molecule has 0 aliphatic heterocycles. The van der Waals surface area contributed by atoms with Crippen LogP contribution < -0.4 is 5.32 Å². The van der Waals surface area contributed by atoms with Crippen LogP contribution in [0.5, 0.6) is 0 Å². The molecule has 0 heterocycles. The molecular formula is C14H20F3NO2. The van der Waals surface area contributed by atoms with Gasteiger partial charge < -0.3 is 10.4 Å². The van der Waals surface area contributed by atoms with Crippen molar-refractivity contribution in [2.45, 2.75) is 33.9 Å². The first kappa shape index (κ1) is 18.3. The summed E-state index contributed by atoms with van der Waals surface area (Å²) < 4.78 is 37.2. The number of halogens is 3. The summed E-state index contributed by atoms with van der Waals surface area (Å²) in [5, 5.41) is 10.8. The first-order chi connectivity index (χ1) is 9.02. The zero-order valence-electron chi connectivity index (χ0n) is 12.0.